The van der Waals surface area contributed by atoms with Crippen molar-refractivity contribution in [2.24, 2.45) is 0 Å². The number of pyridine rings is 1. The maximum Gasteiger partial charge on any atom is 0.180 e. The molecule has 0 fully saturated rings. The Morgan fingerprint density at radius 2 is 2.25 bits per heavy atom. The van der Waals surface area contributed by atoms with E-state index in [4.69, 9.17) is 0 Å². The first-order valence-corrected chi connectivity index (χ1v) is 3.50. The zero-order valence-corrected chi connectivity index (χ0v) is 6.25. The number of hydrogen-bond acceptors (Lipinski definition) is 3. The molecule has 2 heterocycles. The zero-order chi connectivity index (χ0) is 8.39. The third-order valence-electron chi connectivity index (χ3n) is 1.52. The maximum atomic E-state index is 9.37. The summed E-state index contributed by atoms with van der Waals surface area (Å²) in [5.74, 6) is 0.644. The Kier molecular flexibility index (Phi) is 1.51. The molecule has 0 aliphatic rings. The Labute approximate surface area is 69.1 Å². The van der Waals surface area contributed by atoms with Crippen LogP contribution in [0.5, 0.6) is 5.75 Å². The van der Waals surface area contributed by atoms with Gasteiger partial charge in [0.2, 0.25) is 0 Å². The van der Waals surface area contributed by atoms with Gasteiger partial charge in [-0.1, -0.05) is 0 Å². The van der Waals surface area contributed by atoms with E-state index in [1.54, 1.807) is 41.6 Å². The molecule has 0 amide bonds. The summed E-state index contributed by atoms with van der Waals surface area (Å²) >= 11 is 0. The van der Waals surface area contributed by atoms with Gasteiger partial charge in [0.05, 0.1) is 0 Å². The van der Waals surface area contributed by atoms with E-state index in [0.717, 1.165) is 0 Å². The lowest BCUT2D eigenvalue weighted by molar-refractivity contribution is 0.469. The Hall–Kier alpha value is -1.84. The molecule has 0 aromatic carbocycles. The summed E-state index contributed by atoms with van der Waals surface area (Å²) in [7, 11) is 0. The van der Waals surface area contributed by atoms with Crippen LogP contribution < -0.4 is 0 Å². The number of aromatic nitrogens is 3. The molecule has 2 aromatic rings. The van der Waals surface area contributed by atoms with Crippen LogP contribution in [0.4, 0.5) is 0 Å². The van der Waals surface area contributed by atoms with E-state index < -0.39 is 0 Å². The van der Waals surface area contributed by atoms with Gasteiger partial charge >= 0.3 is 0 Å². The second-order valence-electron chi connectivity index (χ2n) is 2.32. The molecular formula is C8H7N3O. The van der Waals surface area contributed by atoms with Gasteiger partial charge in [-0.15, -0.1) is 0 Å². The molecule has 12 heavy (non-hydrogen) atoms. The van der Waals surface area contributed by atoms with Crippen molar-refractivity contribution >= 4 is 0 Å². The van der Waals surface area contributed by atoms with Crippen LogP contribution >= 0.6 is 0 Å². The highest BCUT2D eigenvalue weighted by atomic mass is 16.3. The van der Waals surface area contributed by atoms with Crippen LogP contribution in [0, 0.1) is 0 Å². The van der Waals surface area contributed by atoms with Crippen LogP contribution in [-0.2, 0) is 0 Å². The fourth-order valence-corrected chi connectivity index (χ4v) is 0.972. The summed E-state index contributed by atoms with van der Waals surface area (Å²) < 4.78 is 1.65. The Morgan fingerprint density at radius 3 is 2.92 bits per heavy atom. The second kappa shape index (κ2) is 2.65. The topological polar surface area (TPSA) is 50.9 Å². The van der Waals surface area contributed by atoms with Crippen molar-refractivity contribution < 1.29 is 5.11 Å². The first-order chi connectivity index (χ1) is 5.88. The molecule has 60 valence electrons. The van der Waals surface area contributed by atoms with E-state index in [1.807, 2.05) is 0 Å². The van der Waals surface area contributed by atoms with Crippen LogP contribution in [0.3, 0.4) is 0 Å². The molecule has 2 aromatic heterocycles. The summed E-state index contributed by atoms with van der Waals surface area (Å²) in [6, 6.07) is 3.26. The summed E-state index contributed by atoms with van der Waals surface area (Å²) in [6.45, 7) is 0. The fourth-order valence-electron chi connectivity index (χ4n) is 0.972. The van der Waals surface area contributed by atoms with Gasteiger partial charge in [-0.25, -0.2) is 9.97 Å². The normalized spacial score (nSPS) is 10.0. The predicted octanol–water partition coefficient (Wildman–Crippen LogP) is 0.973. The summed E-state index contributed by atoms with van der Waals surface area (Å²) in [4.78, 5) is 7.85. The molecule has 0 saturated heterocycles. The van der Waals surface area contributed by atoms with E-state index in [1.165, 1.54) is 0 Å². The van der Waals surface area contributed by atoms with Gasteiger partial charge in [-0.3, -0.25) is 4.57 Å². The van der Waals surface area contributed by atoms with Gasteiger partial charge in [0, 0.05) is 18.6 Å². The lowest BCUT2D eigenvalue weighted by Gasteiger charge is -2.01. The number of rotatable bonds is 1. The quantitative estimate of drug-likeness (QED) is 0.678. The molecule has 2 rings (SSSR count). The van der Waals surface area contributed by atoms with Crippen molar-refractivity contribution in [1.82, 2.24) is 14.5 Å². The molecule has 1 N–H and O–H groups in total. The van der Waals surface area contributed by atoms with E-state index >= 15 is 0 Å². The average Bonchev–Trinajstić information content (AvgIpc) is 2.57. The SMILES string of the molecule is Oc1cccnc1-n1ccnc1. The molecule has 0 radical (unpaired) electrons. The van der Waals surface area contributed by atoms with Crippen LogP contribution in [0.2, 0.25) is 0 Å². The highest BCUT2D eigenvalue weighted by Gasteiger charge is 2.01. The Morgan fingerprint density at radius 1 is 1.33 bits per heavy atom. The number of aromatic hydroxyl groups is 1. The van der Waals surface area contributed by atoms with E-state index in [0.29, 0.717) is 5.82 Å². The van der Waals surface area contributed by atoms with Crippen LogP contribution in [-0.4, -0.2) is 19.6 Å². The van der Waals surface area contributed by atoms with E-state index in [9.17, 15) is 5.11 Å². The molecule has 0 saturated carbocycles. The van der Waals surface area contributed by atoms with Gasteiger partial charge in [0.15, 0.2) is 11.6 Å². The van der Waals surface area contributed by atoms with Gasteiger partial charge in [-0.05, 0) is 12.1 Å². The molecule has 4 heteroatoms. The van der Waals surface area contributed by atoms with Crippen molar-refractivity contribution in [3.8, 4) is 11.6 Å². The molecule has 0 bridgehead atoms. The van der Waals surface area contributed by atoms with Crippen LogP contribution in [0.1, 0.15) is 0 Å². The monoisotopic (exact) mass is 161 g/mol. The van der Waals surface area contributed by atoms with Crippen molar-refractivity contribution in [1.29, 1.82) is 0 Å². The fraction of sp³-hybridized carbons (Fsp3) is 0. The van der Waals surface area contributed by atoms with Crippen molar-refractivity contribution in [2.45, 2.75) is 0 Å². The number of hydrogen-bond donors (Lipinski definition) is 1. The molecule has 0 aliphatic carbocycles. The predicted molar refractivity (Wildman–Crippen MR) is 43.0 cm³/mol. The molecule has 4 nitrogen and oxygen atoms in total. The second-order valence-corrected chi connectivity index (χ2v) is 2.32. The first-order valence-electron chi connectivity index (χ1n) is 3.50. The average molecular weight is 161 g/mol. The highest BCUT2D eigenvalue weighted by molar-refractivity contribution is 5.37. The number of nitrogens with zero attached hydrogens (tertiary/aromatic N) is 3. The Balaban J connectivity index is 2.55. The van der Waals surface area contributed by atoms with E-state index in [2.05, 4.69) is 9.97 Å². The summed E-state index contributed by atoms with van der Waals surface area (Å²) in [5.41, 5.74) is 0. The molecule has 0 unspecified atom stereocenters. The minimum atomic E-state index is 0.149. The van der Waals surface area contributed by atoms with Crippen LogP contribution in [0.15, 0.2) is 37.1 Å². The smallest absolute Gasteiger partial charge is 0.180 e. The summed E-state index contributed by atoms with van der Waals surface area (Å²) in [6.07, 6.45) is 6.56. The minimum Gasteiger partial charge on any atom is -0.504 e. The zero-order valence-electron chi connectivity index (χ0n) is 6.25. The summed E-state index contributed by atoms with van der Waals surface area (Å²) in [5, 5.41) is 9.37. The third-order valence-corrected chi connectivity index (χ3v) is 1.52. The lowest BCUT2D eigenvalue weighted by atomic mass is 10.4. The van der Waals surface area contributed by atoms with Gasteiger partial charge in [-0.2, -0.15) is 0 Å². The first kappa shape index (κ1) is 6.84. The van der Waals surface area contributed by atoms with Crippen molar-refractivity contribution in [2.75, 3.05) is 0 Å². The third kappa shape index (κ3) is 1.03. The van der Waals surface area contributed by atoms with E-state index in [-0.39, 0.29) is 5.75 Å². The Bertz CT molecular complexity index is 370. The minimum absolute atomic E-state index is 0.149. The van der Waals surface area contributed by atoms with Gasteiger partial charge in [0.1, 0.15) is 6.33 Å². The maximum absolute atomic E-state index is 9.37. The van der Waals surface area contributed by atoms with Crippen molar-refractivity contribution in [3.05, 3.63) is 37.1 Å². The highest BCUT2D eigenvalue weighted by Crippen LogP contribution is 2.16. The number of imidazole rings is 1. The molecule has 0 spiro atoms. The standard InChI is InChI=1S/C8H7N3O/c12-7-2-1-3-10-8(7)11-5-4-9-6-11/h1-6,12H. The lowest BCUT2D eigenvalue weighted by Crippen LogP contribution is -1.93. The van der Waals surface area contributed by atoms with Gasteiger partial charge in [0.25, 0.3) is 0 Å². The molecule has 0 atom stereocenters. The van der Waals surface area contributed by atoms with Crippen molar-refractivity contribution in [3.63, 3.8) is 0 Å². The van der Waals surface area contributed by atoms with Gasteiger partial charge < -0.3 is 5.11 Å². The van der Waals surface area contributed by atoms with Crippen LogP contribution in [0.25, 0.3) is 5.82 Å². The largest absolute Gasteiger partial charge is 0.504 e. The molecular weight excluding hydrogens is 154 g/mol. The molecule has 0 aliphatic heterocycles.